The van der Waals surface area contributed by atoms with E-state index in [2.05, 4.69) is 0 Å². The van der Waals surface area contributed by atoms with E-state index < -0.39 is 7.82 Å². The molecule has 0 aromatic carbocycles. The van der Waals surface area contributed by atoms with Crippen molar-refractivity contribution in [2.45, 2.75) is 0 Å². The Balaban J connectivity index is -0.0000000267. The van der Waals surface area contributed by atoms with Crippen molar-refractivity contribution >= 4 is 7.82 Å². The molecule has 0 unspecified atom stereocenters. The van der Waals surface area contributed by atoms with E-state index in [-0.39, 0.29) is 72.7 Å². The minimum atomic E-state index is -5.39. The number of hydrogen-bond acceptors (Lipinski definition) is 4. The molecule has 0 N–H and O–H groups in total. The monoisotopic (exact) mass is 345 g/mol. The van der Waals surface area contributed by atoms with Gasteiger partial charge in [-0.05, 0) is 0 Å². The predicted octanol–water partition coefficient (Wildman–Crippen LogP) is -2.67. The Bertz CT molecular complexity index is 62.2. The van der Waals surface area contributed by atoms with Crippen LogP contribution in [0.1, 0.15) is 0 Å². The second-order valence-corrected chi connectivity index (χ2v) is 1.34. The summed E-state index contributed by atoms with van der Waals surface area (Å²) in [4.78, 5) is 25.6. The quantitative estimate of drug-likeness (QED) is 0.448. The fourth-order valence-corrected chi connectivity index (χ4v) is 0. The van der Waals surface area contributed by atoms with Gasteiger partial charge >= 0.3 is 68.0 Å². The fourth-order valence-electron chi connectivity index (χ4n) is 0. The first-order chi connectivity index (χ1) is 2.00. The molecular weight excluding hydrogens is 345 g/mol. The van der Waals surface area contributed by atoms with Gasteiger partial charge in [-0.3, -0.25) is 4.70 Å². The SMILES string of the molecule is F.O=P([O-])([O-])[O-].[Ce+3].[Zr+4]. The van der Waals surface area contributed by atoms with Gasteiger partial charge in [0.2, 0.25) is 0 Å². The molecule has 0 aliphatic rings. The van der Waals surface area contributed by atoms with Crippen molar-refractivity contribution in [3.8, 4) is 0 Å². The zero-order valence-electron chi connectivity index (χ0n) is 3.49. The van der Waals surface area contributed by atoms with Gasteiger partial charge in [-0.1, -0.05) is 0 Å². The molecule has 0 heterocycles. The molecule has 0 aromatic rings. The van der Waals surface area contributed by atoms with Crippen molar-refractivity contribution in [3.63, 3.8) is 0 Å². The molecule has 0 amide bonds. The first kappa shape index (κ1) is 22.4. The van der Waals surface area contributed by atoms with Crippen LogP contribution < -0.4 is 14.7 Å². The summed E-state index contributed by atoms with van der Waals surface area (Å²) >= 11 is 0. The molecule has 0 bridgehead atoms. The van der Waals surface area contributed by atoms with Gasteiger partial charge in [0.1, 0.15) is 0 Å². The molecule has 0 aliphatic heterocycles. The molecule has 8 heteroatoms. The van der Waals surface area contributed by atoms with Crippen LogP contribution in [0, 0.1) is 41.7 Å². The average Bonchev–Trinajstić information content (AvgIpc) is 0.722. The molecule has 1 radical (unpaired) electrons. The molecule has 0 atom stereocenters. The topological polar surface area (TPSA) is 86.2 Å². The van der Waals surface area contributed by atoms with Crippen molar-refractivity contribution in [2.24, 2.45) is 0 Å². The van der Waals surface area contributed by atoms with Crippen LogP contribution in [0.4, 0.5) is 4.70 Å². The molecule has 0 saturated heterocycles. The van der Waals surface area contributed by atoms with Crippen molar-refractivity contribution in [3.05, 3.63) is 0 Å². The van der Waals surface area contributed by atoms with E-state index in [9.17, 15) is 0 Å². The molecule has 0 fully saturated rings. The van der Waals surface area contributed by atoms with E-state index in [0.717, 1.165) is 0 Å². The van der Waals surface area contributed by atoms with Gasteiger partial charge < -0.3 is 19.2 Å². The molecule has 4 nitrogen and oxygen atoms in total. The number of halogens is 1. The van der Waals surface area contributed by atoms with Crippen LogP contribution in [-0.2, 0) is 30.8 Å². The maximum Gasteiger partial charge on any atom is 4.00 e. The average molecular weight is 346 g/mol. The van der Waals surface area contributed by atoms with E-state index in [1.807, 2.05) is 0 Å². The fraction of sp³-hybridized carbons (Fsp3) is 0. The third-order valence-electron chi connectivity index (χ3n) is 0. The Morgan fingerprint density at radius 2 is 1.12 bits per heavy atom. The number of phosphoric acid groups is 1. The van der Waals surface area contributed by atoms with Crippen molar-refractivity contribution in [2.75, 3.05) is 0 Å². The normalized spacial score (nSPS) is 7.38. The summed E-state index contributed by atoms with van der Waals surface area (Å²) in [6.07, 6.45) is 0. The summed E-state index contributed by atoms with van der Waals surface area (Å²) in [5.74, 6) is 0. The number of hydrogen-bond donors (Lipinski definition) is 0. The van der Waals surface area contributed by atoms with E-state index in [0.29, 0.717) is 0 Å². The smallest absolute Gasteiger partial charge is 0.822 e. The summed E-state index contributed by atoms with van der Waals surface area (Å²) in [5, 5.41) is 0. The van der Waals surface area contributed by atoms with E-state index in [1.165, 1.54) is 0 Å². The predicted molar refractivity (Wildman–Crippen MR) is 10.1 cm³/mol. The second kappa shape index (κ2) is 9.30. The zero-order valence-corrected chi connectivity index (χ0v) is 9.98. The van der Waals surface area contributed by atoms with E-state index in [1.54, 1.807) is 0 Å². The minimum Gasteiger partial charge on any atom is -0.822 e. The maximum atomic E-state index is 8.55. The Morgan fingerprint density at radius 3 is 1.12 bits per heavy atom. The third kappa shape index (κ3) is 83.6. The van der Waals surface area contributed by atoms with Crippen molar-refractivity contribution in [1.82, 2.24) is 0 Å². The van der Waals surface area contributed by atoms with Gasteiger partial charge in [0, 0.05) is 0 Å². The van der Waals surface area contributed by atoms with E-state index in [4.69, 9.17) is 19.2 Å². The largest absolute Gasteiger partial charge is 4.00 e. The van der Waals surface area contributed by atoms with Gasteiger partial charge in [-0.25, -0.2) is 0 Å². The molecule has 0 aliphatic carbocycles. The van der Waals surface area contributed by atoms with Crippen molar-refractivity contribution in [1.29, 1.82) is 0 Å². The van der Waals surface area contributed by atoms with Gasteiger partial charge in [0.05, 0.1) is 0 Å². The zero-order chi connectivity index (χ0) is 4.50. The number of rotatable bonds is 0. The molecule has 8 heavy (non-hydrogen) atoms. The standard InChI is InChI=1S/Ce.FH.H3O4P.Zr/c;;1-5(2,3)4;/h;1H;(H3,1,2,3,4);/q+3;;;+4/p-3. The first-order valence-corrected chi connectivity index (χ1v) is 2.19. The van der Waals surface area contributed by atoms with Crippen molar-refractivity contribution < 1.29 is 91.9 Å². The van der Waals surface area contributed by atoms with Crippen LogP contribution in [0.3, 0.4) is 0 Å². The molecule has 0 aromatic heterocycles. The summed E-state index contributed by atoms with van der Waals surface area (Å²) < 4.78 is 8.55. The van der Waals surface area contributed by atoms with E-state index >= 15 is 0 Å². The van der Waals surface area contributed by atoms with Crippen LogP contribution >= 0.6 is 7.82 Å². The minimum absolute atomic E-state index is 0. The second-order valence-electron chi connectivity index (χ2n) is 0.447. The van der Waals surface area contributed by atoms with Gasteiger partial charge in [-0.15, -0.1) is 0 Å². The Kier molecular flexibility index (Phi) is 26.1. The summed E-state index contributed by atoms with van der Waals surface area (Å²) in [7, 11) is -5.39. The van der Waals surface area contributed by atoms with Crippen LogP contribution in [0.25, 0.3) is 0 Å². The first-order valence-electron chi connectivity index (χ1n) is 0.730. The summed E-state index contributed by atoms with van der Waals surface area (Å²) in [5.41, 5.74) is 0. The molecule has 41 valence electrons. The van der Waals surface area contributed by atoms with Crippen LogP contribution in [0.15, 0.2) is 0 Å². The van der Waals surface area contributed by atoms with Gasteiger partial charge in [0.25, 0.3) is 0 Å². The van der Waals surface area contributed by atoms with Crippen LogP contribution in [0.2, 0.25) is 0 Å². The Labute approximate surface area is 98.2 Å². The molecule has 0 spiro atoms. The summed E-state index contributed by atoms with van der Waals surface area (Å²) in [6, 6.07) is 0. The Morgan fingerprint density at radius 1 is 1.12 bits per heavy atom. The maximum absolute atomic E-state index is 8.55. The summed E-state index contributed by atoms with van der Waals surface area (Å²) in [6.45, 7) is 0. The molecular formula is HCeFO4PZr+4. The third-order valence-corrected chi connectivity index (χ3v) is 0. The van der Waals surface area contributed by atoms with Gasteiger partial charge in [-0.2, -0.15) is 7.82 Å². The van der Waals surface area contributed by atoms with Crippen LogP contribution in [0.5, 0.6) is 0 Å². The van der Waals surface area contributed by atoms with Gasteiger partial charge in [0.15, 0.2) is 0 Å². The molecule has 0 saturated carbocycles. The van der Waals surface area contributed by atoms with Crippen LogP contribution in [-0.4, -0.2) is 0 Å². The molecule has 0 rings (SSSR count). The Hall–Kier alpha value is 2.30.